The van der Waals surface area contributed by atoms with Gasteiger partial charge in [0.25, 0.3) is 0 Å². The van der Waals surface area contributed by atoms with Gasteiger partial charge in [-0.25, -0.2) is 9.97 Å². The minimum absolute atomic E-state index is 0.644. The third-order valence-corrected chi connectivity index (χ3v) is 11.6. The molecule has 3 aromatic heterocycles. The molecule has 12 aromatic rings. The van der Waals surface area contributed by atoms with Crippen molar-refractivity contribution in [2.45, 2.75) is 0 Å². The van der Waals surface area contributed by atoms with Crippen molar-refractivity contribution in [3.05, 3.63) is 200 Å². The Bertz CT molecular complexity index is 3430. The lowest BCUT2D eigenvalue weighted by molar-refractivity contribution is 0.669. The van der Waals surface area contributed by atoms with Crippen LogP contribution in [0.5, 0.6) is 0 Å². The SMILES string of the molecule is c1ccc(-c2cc(-c3nc(-c4ccc5ccccc5c4)cc(-c4ccc5ccccc5c4)n3)c3c(c2)oc2cc(-n4c5ccccc5c5ccccc54)ccc23)cc1. The number of aromatic nitrogens is 3. The lowest BCUT2D eigenvalue weighted by Gasteiger charge is -2.13. The van der Waals surface area contributed by atoms with Crippen LogP contribution >= 0.6 is 0 Å². The van der Waals surface area contributed by atoms with E-state index in [4.69, 9.17) is 14.4 Å². The zero-order valence-corrected chi connectivity index (χ0v) is 31.3. The molecule has 0 N–H and O–H groups in total. The van der Waals surface area contributed by atoms with E-state index in [-0.39, 0.29) is 0 Å². The zero-order valence-electron chi connectivity index (χ0n) is 31.3. The van der Waals surface area contributed by atoms with Crippen molar-refractivity contribution in [1.82, 2.24) is 14.5 Å². The summed E-state index contributed by atoms with van der Waals surface area (Å²) in [7, 11) is 0. The van der Waals surface area contributed by atoms with E-state index in [1.807, 2.05) is 6.07 Å². The number of para-hydroxylation sites is 2. The van der Waals surface area contributed by atoms with Crippen molar-refractivity contribution in [2.24, 2.45) is 0 Å². The summed E-state index contributed by atoms with van der Waals surface area (Å²) in [4.78, 5) is 10.8. The maximum atomic E-state index is 6.90. The molecule has 4 heteroatoms. The molecule has 0 aliphatic rings. The second-order valence-electron chi connectivity index (χ2n) is 15.0. The molecular weight excluding hydrogens is 707 g/mol. The van der Waals surface area contributed by atoms with Gasteiger partial charge in [-0.15, -0.1) is 0 Å². The first kappa shape index (κ1) is 32.4. The Hall–Kier alpha value is -7.82. The first-order valence-corrected chi connectivity index (χ1v) is 19.6. The van der Waals surface area contributed by atoms with E-state index >= 15 is 0 Å². The Kier molecular flexibility index (Phi) is 7.20. The first-order chi connectivity index (χ1) is 28.7. The predicted octanol–water partition coefficient (Wildman–Crippen LogP) is 14.4. The molecule has 4 nitrogen and oxygen atoms in total. The van der Waals surface area contributed by atoms with Gasteiger partial charge >= 0.3 is 0 Å². The number of hydrogen-bond acceptors (Lipinski definition) is 3. The van der Waals surface area contributed by atoms with Crippen molar-refractivity contribution < 1.29 is 4.42 Å². The van der Waals surface area contributed by atoms with Crippen molar-refractivity contribution in [2.75, 3.05) is 0 Å². The predicted molar refractivity (Wildman–Crippen MR) is 240 cm³/mol. The van der Waals surface area contributed by atoms with Crippen LogP contribution in [0, 0.1) is 0 Å². The van der Waals surface area contributed by atoms with Crippen molar-refractivity contribution >= 4 is 65.3 Å². The summed E-state index contributed by atoms with van der Waals surface area (Å²) in [5.74, 6) is 0.644. The van der Waals surface area contributed by atoms with Crippen LogP contribution in [0.2, 0.25) is 0 Å². The zero-order chi connectivity index (χ0) is 38.2. The van der Waals surface area contributed by atoms with E-state index in [1.54, 1.807) is 0 Å². The van der Waals surface area contributed by atoms with Crippen LogP contribution in [-0.2, 0) is 0 Å². The molecule has 0 saturated carbocycles. The van der Waals surface area contributed by atoms with Crippen LogP contribution in [0.3, 0.4) is 0 Å². The maximum Gasteiger partial charge on any atom is 0.161 e. The lowest BCUT2D eigenvalue weighted by atomic mass is 9.97. The van der Waals surface area contributed by atoms with Gasteiger partial charge in [-0.2, -0.15) is 0 Å². The van der Waals surface area contributed by atoms with Gasteiger partial charge in [0, 0.05) is 50.0 Å². The Balaban J connectivity index is 1.12. The minimum atomic E-state index is 0.644. The van der Waals surface area contributed by atoms with Gasteiger partial charge in [0.05, 0.1) is 22.4 Å². The molecule has 0 aliphatic heterocycles. The smallest absolute Gasteiger partial charge is 0.161 e. The molecule has 0 amide bonds. The number of hydrogen-bond donors (Lipinski definition) is 0. The monoisotopic (exact) mass is 739 g/mol. The molecular formula is C54H33N3O. The summed E-state index contributed by atoms with van der Waals surface area (Å²) < 4.78 is 9.23. The fourth-order valence-electron chi connectivity index (χ4n) is 8.77. The highest BCUT2D eigenvalue weighted by atomic mass is 16.3. The summed E-state index contributed by atoms with van der Waals surface area (Å²) in [6, 6.07) is 70.8. The topological polar surface area (TPSA) is 43.9 Å². The van der Waals surface area contributed by atoms with E-state index < -0.39 is 0 Å². The van der Waals surface area contributed by atoms with Crippen LogP contribution in [0.1, 0.15) is 0 Å². The van der Waals surface area contributed by atoms with E-state index in [0.717, 1.165) is 77.9 Å². The maximum absolute atomic E-state index is 6.90. The normalized spacial score (nSPS) is 11.8. The molecule has 3 heterocycles. The molecule has 0 atom stereocenters. The summed E-state index contributed by atoms with van der Waals surface area (Å²) in [5, 5.41) is 9.17. The fourth-order valence-corrected chi connectivity index (χ4v) is 8.77. The summed E-state index contributed by atoms with van der Waals surface area (Å²) in [6.45, 7) is 0. The fraction of sp³-hybridized carbons (Fsp3) is 0. The van der Waals surface area contributed by atoms with E-state index in [9.17, 15) is 0 Å². The number of fused-ring (bicyclic) bond motifs is 8. The van der Waals surface area contributed by atoms with Gasteiger partial charge in [-0.3, -0.25) is 0 Å². The largest absolute Gasteiger partial charge is 0.456 e. The highest BCUT2D eigenvalue weighted by Crippen LogP contribution is 2.42. The molecule has 0 spiro atoms. The highest BCUT2D eigenvalue weighted by Gasteiger charge is 2.21. The van der Waals surface area contributed by atoms with Crippen molar-refractivity contribution in [3.63, 3.8) is 0 Å². The number of nitrogens with zero attached hydrogens (tertiary/aromatic N) is 3. The van der Waals surface area contributed by atoms with E-state index in [1.165, 1.54) is 32.3 Å². The summed E-state index contributed by atoms with van der Waals surface area (Å²) in [6.07, 6.45) is 0. The Morgan fingerprint density at radius 2 is 0.931 bits per heavy atom. The molecule has 0 fully saturated rings. The van der Waals surface area contributed by atoms with Crippen LogP contribution in [0.4, 0.5) is 0 Å². The molecule has 0 radical (unpaired) electrons. The van der Waals surface area contributed by atoms with Crippen molar-refractivity contribution in [1.29, 1.82) is 0 Å². The number of rotatable bonds is 5. The van der Waals surface area contributed by atoms with E-state index in [2.05, 4.69) is 199 Å². The summed E-state index contributed by atoms with van der Waals surface area (Å²) >= 11 is 0. The number of furan rings is 1. The molecule has 9 aromatic carbocycles. The molecule has 0 bridgehead atoms. The minimum Gasteiger partial charge on any atom is -0.456 e. The molecule has 12 rings (SSSR count). The van der Waals surface area contributed by atoms with Gasteiger partial charge in [0.15, 0.2) is 5.82 Å². The molecule has 270 valence electrons. The Labute approximate surface area is 333 Å². The summed E-state index contributed by atoms with van der Waals surface area (Å²) in [5.41, 5.74) is 11.8. The van der Waals surface area contributed by atoms with Crippen LogP contribution in [-0.4, -0.2) is 14.5 Å². The highest BCUT2D eigenvalue weighted by molar-refractivity contribution is 6.14. The van der Waals surface area contributed by atoms with Gasteiger partial charge in [-0.05, 0) is 87.3 Å². The second kappa shape index (κ2) is 12.9. The standard InChI is InChI=1S/C54H33N3O/c1-2-12-34(13-3-1)41-30-46(53-45-27-26-42(32-51(45)58-52(53)31-41)57-49-20-10-8-18-43(49)44-19-9-11-21-50(44)57)54-55-47(39-24-22-35-14-4-6-16-37(35)28-39)33-48(56-54)40-25-23-36-15-5-7-17-38(36)29-40/h1-33H. The quantitative estimate of drug-likeness (QED) is 0.177. The number of benzene rings is 9. The average molecular weight is 740 g/mol. The van der Waals surface area contributed by atoms with Gasteiger partial charge in [0.1, 0.15) is 11.2 Å². The van der Waals surface area contributed by atoms with E-state index in [0.29, 0.717) is 5.82 Å². The van der Waals surface area contributed by atoms with Crippen molar-refractivity contribution in [3.8, 4) is 50.7 Å². The second-order valence-corrected chi connectivity index (χ2v) is 15.0. The van der Waals surface area contributed by atoms with Gasteiger partial charge < -0.3 is 8.98 Å². The Morgan fingerprint density at radius 1 is 0.362 bits per heavy atom. The molecule has 0 saturated heterocycles. The van der Waals surface area contributed by atoms with Crippen LogP contribution < -0.4 is 0 Å². The lowest BCUT2D eigenvalue weighted by Crippen LogP contribution is -1.97. The first-order valence-electron chi connectivity index (χ1n) is 19.6. The van der Waals surface area contributed by atoms with Gasteiger partial charge in [-0.1, -0.05) is 140 Å². The third-order valence-electron chi connectivity index (χ3n) is 11.6. The van der Waals surface area contributed by atoms with Crippen LogP contribution in [0.25, 0.3) is 116 Å². The average Bonchev–Trinajstić information content (AvgIpc) is 3.84. The molecule has 0 unspecified atom stereocenters. The molecule has 0 aliphatic carbocycles. The van der Waals surface area contributed by atoms with Crippen LogP contribution in [0.15, 0.2) is 205 Å². The Morgan fingerprint density at radius 3 is 1.57 bits per heavy atom. The molecule has 58 heavy (non-hydrogen) atoms. The van der Waals surface area contributed by atoms with Gasteiger partial charge in [0.2, 0.25) is 0 Å². The third kappa shape index (κ3) is 5.23.